The highest BCUT2D eigenvalue weighted by Gasteiger charge is 2.34. The normalized spacial score (nSPS) is 23.2. The standard InChI is InChI=1S/C19H26ClN3OS/c1-14(24)23(12-15-8-10-16(20)11-9-15)18-13-25-19(22(18)2)21-17-6-4-3-5-7-17/h8-11,17-18H,3-7,12-13H2,1-2H3. The Morgan fingerprint density at radius 1 is 1.28 bits per heavy atom. The number of hydrogen-bond donors (Lipinski definition) is 0. The Morgan fingerprint density at radius 3 is 2.60 bits per heavy atom. The molecule has 1 aliphatic heterocycles. The van der Waals surface area contributed by atoms with E-state index < -0.39 is 0 Å². The molecule has 6 heteroatoms. The number of halogens is 1. The number of benzene rings is 1. The number of hydrogen-bond acceptors (Lipinski definition) is 3. The van der Waals surface area contributed by atoms with Crippen LogP contribution < -0.4 is 0 Å². The molecule has 136 valence electrons. The summed E-state index contributed by atoms with van der Waals surface area (Å²) in [5.41, 5.74) is 1.09. The van der Waals surface area contributed by atoms with Gasteiger partial charge in [-0.05, 0) is 30.5 Å². The van der Waals surface area contributed by atoms with E-state index in [0.717, 1.165) is 16.5 Å². The van der Waals surface area contributed by atoms with Crippen LogP contribution in [0.1, 0.15) is 44.6 Å². The molecule has 0 aromatic heterocycles. The van der Waals surface area contributed by atoms with Crippen LogP contribution in [0.15, 0.2) is 29.3 Å². The summed E-state index contributed by atoms with van der Waals surface area (Å²) < 4.78 is 0. The molecule has 1 aliphatic carbocycles. The minimum Gasteiger partial charge on any atom is -0.333 e. The molecular formula is C19H26ClN3OS. The number of amides is 1. The lowest BCUT2D eigenvalue weighted by Crippen LogP contribution is -2.47. The first-order chi connectivity index (χ1) is 12.0. The maximum absolute atomic E-state index is 12.3. The zero-order valence-corrected chi connectivity index (χ0v) is 16.5. The van der Waals surface area contributed by atoms with Gasteiger partial charge in [-0.2, -0.15) is 0 Å². The third kappa shape index (κ3) is 4.70. The van der Waals surface area contributed by atoms with Crippen LogP contribution in [-0.4, -0.2) is 45.9 Å². The van der Waals surface area contributed by atoms with Crippen LogP contribution in [0.5, 0.6) is 0 Å². The topological polar surface area (TPSA) is 35.9 Å². The first kappa shape index (κ1) is 18.6. The van der Waals surface area contributed by atoms with Gasteiger partial charge in [0.2, 0.25) is 5.91 Å². The van der Waals surface area contributed by atoms with Gasteiger partial charge in [0.25, 0.3) is 0 Å². The van der Waals surface area contributed by atoms with Crippen molar-refractivity contribution in [2.24, 2.45) is 4.99 Å². The van der Waals surface area contributed by atoms with Crippen LogP contribution in [0.25, 0.3) is 0 Å². The predicted molar refractivity (Wildman–Crippen MR) is 106 cm³/mol. The third-order valence-corrected chi connectivity index (χ3v) is 6.38. The molecule has 1 amide bonds. The quantitative estimate of drug-likeness (QED) is 0.778. The lowest BCUT2D eigenvalue weighted by Gasteiger charge is -2.33. The van der Waals surface area contributed by atoms with Crippen molar-refractivity contribution in [2.75, 3.05) is 12.8 Å². The van der Waals surface area contributed by atoms with Crippen LogP contribution in [0.4, 0.5) is 0 Å². The van der Waals surface area contributed by atoms with Crippen molar-refractivity contribution in [1.82, 2.24) is 9.80 Å². The second-order valence-electron chi connectivity index (χ2n) is 6.88. The maximum atomic E-state index is 12.3. The van der Waals surface area contributed by atoms with E-state index >= 15 is 0 Å². The van der Waals surface area contributed by atoms with Gasteiger partial charge in [-0.1, -0.05) is 54.8 Å². The fourth-order valence-corrected chi connectivity index (χ4v) is 4.87. The smallest absolute Gasteiger partial charge is 0.221 e. The number of nitrogens with zero attached hydrogens (tertiary/aromatic N) is 3. The Morgan fingerprint density at radius 2 is 1.96 bits per heavy atom. The molecule has 2 fully saturated rings. The van der Waals surface area contributed by atoms with Gasteiger partial charge in [0.1, 0.15) is 6.17 Å². The van der Waals surface area contributed by atoms with E-state index in [1.165, 1.54) is 32.1 Å². The average molecular weight is 380 g/mol. The van der Waals surface area contributed by atoms with Gasteiger partial charge in [0.05, 0.1) is 6.04 Å². The molecule has 1 aromatic rings. The average Bonchev–Trinajstić information content (AvgIpc) is 2.95. The zero-order valence-electron chi connectivity index (χ0n) is 14.9. The number of amidine groups is 1. The number of carbonyl (C=O) groups is 1. The molecule has 2 aliphatic rings. The molecule has 1 atom stereocenters. The van der Waals surface area contributed by atoms with Gasteiger partial charge in [-0.3, -0.25) is 9.79 Å². The Labute approximate surface area is 159 Å². The van der Waals surface area contributed by atoms with Crippen LogP contribution >= 0.6 is 23.4 Å². The van der Waals surface area contributed by atoms with Gasteiger partial charge in [-0.25, -0.2) is 0 Å². The molecule has 0 bridgehead atoms. The molecule has 0 N–H and O–H groups in total. The fourth-order valence-electron chi connectivity index (χ4n) is 3.50. The highest BCUT2D eigenvalue weighted by molar-refractivity contribution is 8.14. The minimum atomic E-state index is 0.0560. The molecular weight excluding hydrogens is 354 g/mol. The molecule has 0 spiro atoms. The summed E-state index contributed by atoms with van der Waals surface area (Å²) in [6.45, 7) is 2.24. The van der Waals surface area contributed by atoms with Crippen LogP contribution in [0, 0.1) is 0 Å². The minimum absolute atomic E-state index is 0.0560. The number of aliphatic imine (C=N–C) groups is 1. The van der Waals surface area contributed by atoms with E-state index in [-0.39, 0.29) is 12.1 Å². The summed E-state index contributed by atoms with van der Waals surface area (Å²) in [5.74, 6) is 0.959. The Bertz CT molecular complexity index is 628. The van der Waals surface area contributed by atoms with Gasteiger partial charge in [-0.15, -0.1) is 0 Å². The van der Waals surface area contributed by atoms with Gasteiger partial charge >= 0.3 is 0 Å². The Balaban J connectivity index is 1.70. The van der Waals surface area contributed by atoms with Crippen molar-refractivity contribution in [3.05, 3.63) is 34.9 Å². The van der Waals surface area contributed by atoms with Crippen molar-refractivity contribution in [3.63, 3.8) is 0 Å². The highest BCUT2D eigenvalue weighted by Crippen LogP contribution is 2.29. The summed E-state index contributed by atoms with van der Waals surface area (Å²) in [7, 11) is 2.06. The van der Waals surface area contributed by atoms with Crippen LogP contribution in [0.2, 0.25) is 5.02 Å². The van der Waals surface area contributed by atoms with Gasteiger partial charge in [0, 0.05) is 31.3 Å². The molecule has 1 aromatic carbocycles. The van der Waals surface area contributed by atoms with Crippen molar-refractivity contribution >= 4 is 34.4 Å². The van der Waals surface area contributed by atoms with Crippen LogP contribution in [0.3, 0.4) is 0 Å². The lowest BCUT2D eigenvalue weighted by atomic mass is 9.96. The van der Waals surface area contributed by atoms with Crippen molar-refractivity contribution in [3.8, 4) is 0 Å². The van der Waals surface area contributed by atoms with E-state index in [4.69, 9.17) is 16.6 Å². The summed E-state index contributed by atoms with van der Waals surface area (Å²) in [6, 6.07) is 8.17. The molecule has 25 heavy (non-hydrogen) atoms. The predicted octanol–water partition coefficient (Wildman–Crippen LogP) is 4.38. The molecule has 1 heterocycles. The molecule has 1 unspecified atom stereocenters. The van der Waals surface area contributed by atoms with Gasteiger partial charge in [0.15, 0.2) is 5.17 Å². The van der Waals surface area contributed by atoms with E-state index in [1.54, 1.807) is 18.7 Å². The van der Waals surface area contributed by atoms with E-state index in [9.17, 15) is 4.79 Å². The molecule has 1 saturated heterocycles. The maximum Gasteiger partial charge on any atom is 0.221 e. The number of thioether (sulfide) groups is 1. The fraction of sp³-hybridized carbons (Fsp3) is 0.579. The number of carbonyl (C=O) groups excluding carboxylic acids is 1. The van der Waals surface area contributed by atoms with E-state index in [1.807, 2.05) is 29.2 Å². The Kier molecular flexibility index (Phi) is 6.29. The van der Waals surface area contributed by atoms with Crippen molar-refractivity contribution in [2.45, 2.75) is 57.8 Å². The summed E-state index contributed by atoms with van der Waals surface area (Å²) in [4.78, 5) is 21.4. The monoisotopic (exact) mass is 379 g/mol. The summed E-state index contributed by atoms with van der Waals surface area (Å²) in [6.07, 6.45) is 6.37. The van der Waals surface area contributed by atoms with Gasteiger partial charge < -0.3 is 9.80 Å². The summed E-state index contributed by atoms with van der Waals surface area (Å²) in [5, 5.41) is 1.80. The third-order valence-electron chi connectivity index (χ3n) is 5.01. The first-order valence-corrected chi connectivity index (χ1v) is 10.4. The lowest BCUT2D eigenvalue weighted by molar-refractivity contribution is -0.133. The molecule has 4 nitrogen and oxygen atoms in total. The van der Waals surface area contributed by atoms with E-state index in [0.29, 0.717) is 17.6 Å². The highest BCUT2D eigenvalue weighted by atomic mass is 35.5. The van der Waals surface area contributed by atoms with E-state index in [2.05, 4.69) is 11.9 Å². The molecule has 1 saturated carbocycles. The zero-order chi connectivity index (χ0) is 17.8. The molecule has 3 rings (SSSR count). The van der Waals surface area contributed by atoms with Crippen LogP contribution in [-0.2, 0) is 11.3 Å². The second-order valence-corrected chi connectivity index (χ2v) is 8.30. The van der Waals surface area contributed by atoms with Crippen molar-refractivity contribution < 1.29 is 4.79 Å². The largest absolute Gasteiger partial charge is 0.333 e. The SMILES string of the molecule is CC(=O)N(Cc1ccc(Cl)cc1)C1CSC(=NC2CCCCC2)N1C. The van der Waals surface area contributed by atoms with Crippen molar-refractivity contribution in [1.29, 1.82) is 0 Å². The first-order valence-electron chi connectivity index (χ1n) is 8.99. The number of rotatable bonds is 4. The summed E-state index contributed by atoms with van der Waals surface area (Å²) >= 11 is 7.74. The second kappa shape index (κ2) is 8.45. The molecule has 0 radical (unpaired) electrons. The Hall–Kier alpha value is -1.20.